The molecule has 0 aromatic heterocycles. The molecule has 0 spiro atoms. The van der Waals surface area contributed by atoms with Crippen LogP contribution in [0.5, 0.6) is 0 Å². The molecular formula is C17H24O5. The van der Waals surface area contributed by atoms with E-state index in [-0.39, 0.29) is 19.3 Å². The van der Waals surface area contributed by atoms with Crippen LogP contribution in [0.1, 0.15) is 18.4 Å². The molecule has 0 amide bonds. The van der Waals surface area contributed by atoms with Crippen LogP contribution in [-0.2, 0) is 16.1 Å². The van der Waals surface area contributed by atoms with Gasteiger partial charge in [-0.15, -0.1) is 0 Å². The third kappa shape index (κ3) is 4.90. The van der Waals surface area contributed by atoms with E-state index in [0.717, 1.165) is 5.56 Å². The highest BCUT2D eigenvalue weighted by Crippen LogP contribution is 2.18. The second-order valence-electron chi connectivity index (χ2n) is 5.42. The first-order chi connectivity index (χ1) is 10.7. The molecule has 0 saturated heterocycles. The first-order valence-corrected chi connectivity index (χ1v) is 7.60. The highest BCUT2D eigenvalue weighted by atomic mass is 16.6. The zero-order valence-corrected chi connectivity index (χ0v) is 12.5. The lowest BCUT2D eigenvalue weighted by Crippen LogP contribution is -2.42. The van der Waals surface area contributed by atoms with Gasteiger partial charge in [0.2, 0.25) is 0 Å². The van der Waals surface area contributed by atoms with Crippen LogP contribution in [0.15, 0.2) is 42.5 Å². The summed E-state index contributed by atoms with van der Waals surface area (Å²) in [6.45, 7) is -0.0982. The summed E-state index contributed by atoms with van der Waals surface area (Å²) in [6, 6.07) is 9.78. The van der Waals surface area contributed by atoms with Gasteiger partial charge in [0, 0.05) is 0 Å². The van der Waals surface area contributed by atoms with E-state index in [1.807, 2.05) is 42.5 Å². The highest BCUT2D eigenvalue weighted by Gasteiger charge is 2.29. The van der Waals surface area contributed by atoms with E-state index < -0.39 is 18.3 Å². The Hall–Kier alpha value is -1.24. The molecule has 0 aliphatic carbocycles. The highest BCUT2D eigenvalue weighted by molar-refractivity contribution is 5.13. The smallest absolute Gasteiger partial charge is 0.108 e. The van der Waals surface area contributed by atoms with Gasteiger partial charge in [-0.05, 0) is 18.4 Å². The van der Waals surface area contributed by atoms with Crippen molar-refractivity contribution >= 4 is 0 Å². The van der Waals surface area contributed by atoms with E-state index in [1.165, 1.54) is 0 Å². The van der Waals surface area contributed by atoms with Crippen LogP contribution in [-0.4, -0.2) is 52.9 Å². The molecule has 1 aliphatic rings. The average Bonchev–Trinajstić information content (AvgIpc) is 2.63. The average molecular weight is 308 g/mol. The Morgan fingerprint density at radius 2 is 1.68 bits per heavy atom. The second kappa shape index (κ2) is 9.02. The molecule has 0 bridgehead atoms. The van der Waals surface area contributed by atoms with Crippen molar-refractivity contribution in [3.8, 4) is 0 Å². The third-order valence-electron chi connectivity index (χ3n) is 3.77. The summed E-state index contributed by atoms with van der Waals surface area (Å²) in [7, 11) is 0. The van der Waals surface area contributed by atoms with E-state index in [0.29, 0.717) is 19.4 Å². The van der Waals surface area contributed by atoms with Gasteiger partial charge in [0.15, 0.2) is 0 Å². The van der Waals surface area contributed by atoms with Crippen molar-refractivity contribution in [3.05, 3.63) is 48.0 Å². The topological polar surface area (TPSA) is 79.2 Å². The molecule has 122 valence electrons. The SMILES string of the molecule is OC[C@H]1O[C@H](CO)[C@@H](O)C/C=C\C[C@@H]1OCc1ccccc1. The lowest BCUT2D eigenvalue weighted by molar-refractivity contribution is -0.155. The minimum absolute atomic E-state index is 0.226. The third-order valence-corrected chi connectivity index (χ3v) is 3.77. The summed E-state index contributed by atoms with van der Waals surface area (Å²) in [4.78, 5) is 0. The monoisotopic (exact) mass is 308 g/mol. The molecule has 1 aromatic rings. The Morgan fingerprint density at radius 3 is 2.36 bits per heavy atom. The van der Waals surface area contributed by atoms with E-state index in [4.69, 9.17) is 9.47 Å². The van der Waals surface area contributed by atoms with Gasteiger partial charge in [-0.3, -0.25) is 0 Å². The molecule has 4 atom stereocenters. The lowest BCUT2D eigenvalue weighted by Gasteiger charge is -2.29. The van der Waals surface area contributed by atoms with Gasteiger partial charge in [-0.2, -0.15) is 0 Å². The molecule has 5 nitrogen and oxygen atoms in total. The largest absolute Gasteiger partial charge is 0.394 e. The van der Waals surface area contributed by atoms with Gasteiger partial charge in [-0.1, -0.05) is 42.5 Å². The van der Waals surface area contributed by atoms with Crippen LogP contribution < -0.4 is 0 Å². The number of hydrogen-bond donors (Lipinski definition) is 3. The predicted molar refractivity (Wildman–Crippen MR) is 82.2 cm³/mol. The Bertz CT molecular complexity index is 448. The molecule has 2 rings (SSSR count). The zero-order chi connectivity index (χ0) is 15.8. The Kier molecular flexibility index (Phi) is 7.02. The fourth-order valence-corrected chi connectivity index (χ4v) is 2.45. The van der Waals surface area contributed by atoms with Crippen LogP contribution in [0.3, 0.4) is 0 Å². The summed E-state index contributed by atoms with van der Waals surface area (Å²) in [5, 5.41) is 28.9. The number of benzene rings is 1. The van der Waals surface area contributed by atoms with E-state index >= 15 is 0 Å². The minimum atomic E-state index is -0.789. The van der Waals surface area contributed by atoms with Crippen LogP contribution in [0.4, 0.5) is 0 Å². The van der Waals surface area contributed by atoms with E-state index in [1.54, 1.807) is 0 Å². The number of aliphatic hydroxyl groups excluding tert-OH is 3. The summed E-state index contributed by atoms with van der Waals surface area (Å²) < 4.78 is 11.6. The molecule has 1 aromatic carbocycles. The van der Waals surface area contributed by atoms with Gasteiger partial charge in [0.25, 0.3) is 0 Å². The fourth-order valence-electron chi connectivity index (χ4n) is 2.45. The van der Waals surface area contributed by atoms with Crippen LogP contribution >= 0.6 is 0 Å². The molecule has 22 heavy (non-hydrogen) atoms. The van der Waals surface area contributed by atoms with E-state index in [2.05, 4.69) is 0 Å². The summed E-state index contributed by atoms with van der Waals surface area (Å²) in [5.74, 6) is 0. The van der Waals surface area contributed by atoms with Gasteiger partial charge in [0.05, 0.1) is 32.0 Å². The number of ether oxygens (including phenoxy) is 2. The second-order valence-corrected chi connectivity index (χ2v) is 5.42. The summed E-state index contributed by atoms with van der Waals surface area (Å²) >= 11 is 0. The molecule has 0 radical (unpaired) electrons. The van der Waals surface area contributed by atoms with Crippen molar-refractivity contribution in [2.75, 3.05) is 13.2 Å². The van der Waals surface area contributed by atoms with Crippen molar-refractivity contribution in [2.45, 2.75) is 43.9 Å². The molecule has 5 heteroatoms. The number of aliphatic hydroxyl groups is 3. The van der Waals surface area contributed by atoms with Gasteiger partial charge in [-0.25, -0.2) is 0 Å². The molecule has 0 unspecified atom stereocenters. The quantitative estimate of drug-likeness (QED) is 0.708. The van der Waals surface area contributed by atoms with Crippen molar-refractivity contribution in [1.29, 1.82) is 0 Å². The van der Waals surface area contributed by atoms with Crippen LogP contribution in [0.2, 0.25) is 0 Å². The lowest BCUT2D eigenvalue weighted by atomic mass is 10.1. The minimum Gasteiger partial charge on any atom is -0.394 e. The van der Waals surface area contributed by atoms with Crippen molar-refractivity contribution in [3.63, 3.8) is 0 Å². The maximum Gasteiger partial charge on any atom is 0.108 e. The van der Waals surface area contributed by atoms with Crippen molar-refractivity contribution in [2.24, 2.45) is 0 Å². The Morgan fingerprint density at radius 1 is 1.00 bits per heavy atom. The van der Waals surface area contributed by atoms with Crippen LogP contribution in [0, 0.1) is 0 Å². The van der Waals surface area contributed by atoms with E-state index in [9.17, 15) is 15.3 Å². The predicted octanol–water partition coefficient (Wildman–Crippen LogP) is 1.02. The Balaban J connectivity index is 2.02. The normalized spacial score (nSPS) is 31.0. The first-order valence-electron chi connectivity index (χ1n) is 7.60. The first kappa shape index (κ1) is 17.1. The standard InChI is InChI=1S/C17H24O5/c18-10-16-14(20)8-4-5-9-15(17(11-19)22-16)21-12-13-6-2-1-3-7-13/h1-7,14-20H,8-12H2/b5-4-/t14-,15-,16+,17+/m0/s1. The molecule has 1 heterocycles. The summed E-state index contributed by atoms with van der Waals surface area (Å²) in [6.07, 6.45) is 2.35. The van der Waals surface area contributed by atoms with Crippen LogP contribution in [0.25, 0.3) is 0 Å². The Labute approximate surface area is 130 Å². The fraction of sp³-hybridized carbons (Fsp3) is 0.529. The molecule has 3 N–H and O–H groups in total. The van der Waals surface area contributed by atoms with Crippen molar-refractivity contribution in [1.82, 2.24) is 0 Å². The van der Waals surface area contributed by atoms with Gasteiger partial charge in [0.1, 0.15) is 12.2 Å². The molecule has 0 saturated carbocycles. The number of hydrogen-bond acceptors (Lipinski definition) is 5. The van der Waals surface area contributed by atoms with Crippen molar-refractivity contribution < 1.29 is 24.8 Å². The number of rotatable bonds is 5. The maximum atomic E-state index is 9.95. The maximum absolute atomic E-state index is 9.95. The van der Waals surface area contributed by atoms with Gasteiger partial charge >= 0.3 is 0 Å². The molecule has 1 aliphatic heterocycles. The molecule has 0 fully saturated rings. The van der Waals surface area contributed by atoms with Gasteiger partial charge < -0.3 is 24.8 Å². The summed E-state index contributed by atoms with van der Waals surface area (Å²) in [5.41, 5.74) is 1.04. The zero-order valence-electron chi connectivity index (χ0n) is 12.5. The molecular weight excluding hydrogens is 284 g/mol.